The van der Waals surface area contributed by atoms with Crippen LogP contribution in [-0.2, 0) is 6.42 Å². The Morgan fingerprint density at radius 3 is 2.55 bits per heavy atom. The normalized spacial score (nSPS) is 14.9. The fourth-order valence-electron chi connectivity index (χ4n) is 3.47. The lowest BCUT2D eigenvalue weighted by atomic mass is 10.0. The van der Waals surface area contributed by atoms with Gasteiger partial charge in [-0.3, -0.25) is 4.79 Å². The Labute approximate surface area is 169 Å². The van der Waals surface area contributed by atoms with E-state index in [2.05, 4.69) is 20.5 Å². The number of hydrogen-bond acceptors (Lipinski definition) is 7. The van der Waals surface area contributed by atoms with Crippen molar-refractivity contribution in [2.75, 3.05) is 32.1 Å². The number of nitrogens with zero attached hydrogens (tertiary/aromatic N) is 7. The second-order valence-electron chi connectivity index (χ2n) is 7.42. The van der Waals surface area contributed by atoms with Gasteiger partial charge in [0.05, 0.1) is 12.2 Å². The highest BCUT2D eigenvalue weighted by atomic mass is 16.5. The van der Waals surface area contributed by atoms with Crippen LogP contribution in [0.4, 0.5) is 5.69 Å². The van der Waals surface area contributed by atoms with Gasteiger partial charge in [-0.1, -0.05) is 17.3 Å². The van der Waals surface area contributed by atoms with Crippen molar-refractivity contribution in [1.82, 2.24) is 30.0 Å². The predicted molar refractivity (Wildman–Crippen MR) is 108 cm³/mol. The first-order chi connectivity index (χ1) is 14.0. The molecule has 0 spiro atoms. The van der Waals surface area contributed by atoms with Gasteiger partial charge >= 0.3 is 0 Å². The molecule has 0 saturated carbocycles. The maximum atomic E-state index is 12.8. The van der Waals surface area contributed by atoms with Crippen molar-refractivity contribution in [2.24, 2.45) is 0 Å². The number of aromatic nitrogens is 5. The minimum absolute atomic E-state index is 0.0750. The summed E-state index contributed by atoms with van der Waals surface area (Å²) < 4.78 is 7.08. The topological polar surface area (TPSA) is 93.2 Å². The molecule has 0 N–H and O–H groups in total. The Balaban J connectivity index is 1.37. The van der Waals surface area contributed by atoms with Crippen LogP contribution in [0.3, 0.4) is 0 Å². The van der Waals surface area contributed by atoms with E-state index in [0.717, 1.165) is 24.1 Å². The number of likely N-dealkylation sites (tertiary alicyclic amines) is 1. The standard InChI is InChI=1S/C20H25N7O2/c1-4-18-21-19(29-23-18)17-13-27(24-22-17)16-9-11-26(12-10-16)20(28)14-5-7-15(8-6-14)25(2)3/h5-8,13,16H,4,9-12H2,1-3H3. The molecular weight excluding hydrogens is 370 g/mol. The van der Waals surface area contributed by atoms with E-state index in [0.29, 0.717) is 36.9 Å². The zero-order chi connectivity index (χ0) is 20.4. The molecule has 0 aliphatic carbocycles. The van der Waals surface area contributed by atoms with Gasteiger partial charge in [-0.15, -0.1) is 5.10 Å². The van der Waals surface area contributed by atoms with Crippen molar-refractivity contribution in [3.8, 4) is 11.6 Å². The van der Waals surface area contributed by atoms with Gasteiger partial charge in [-0.25, -0.2) is 4.68 Å². The molecular formula is C20H25N7O2. The van der Waals surface area contributed by atoms with Crippen LogP contribution < -0.4 is 4.90 Å². The van der Waals surface area contributed by atoms with Crippen molar-refractivity contribution in [3.63, 3.8) is 0 Å². The van der Waals surface area contributed by atoms with E-state index in [4.69, 9.17) is 4.52 Å². The van der Waals surface area contributed by atoms with E-state index in [1.165, 1.54) is 0 Å². The second kappa shape index (κ2) is 8.02. The van der Waals surface area contributed by atoms with Crippen LogP contribution >= 0.6 is 0 Å². The molecule has 152 valence electrons. The fourth-order valence-corrected chi connectivity index (χ4v) is 3.47. The van der Waals surface area contributed by atoms with Crippen LogP contribution in [0.2, 0.25) is 0 Å². The van der Waals surface area contributed by atoms with Crippen molar-refractivity contribution < 1.29 is 9.32 Å². The Morgan fingerprint density at radius 1 is 1.21 bits per heavy atom. The lowest BCUT2D eigenvalue weighted by Gasteiger charge is -2.32. The van der Waals surface area contributed by atoms with Gasteiger partial charge in [0.1, 0.15) is 0 Å². The quantitative estimate of drug-likeness (QED) is 0.655. The van der Waals surface area contributed by atoms with Crippen LogP contribution in [0.1, 0.15) is 42.0 Å². The first-order valence-corrected chi connectivity index (χ1v) is 9.86. The van der Waals surface area contributed by atoms with Gasteiger partial charge in [0.25, 0.3) is 11.8 Å². The number of anilines is 1. The highest BCUT2D eigenvalue weighted by molar-refractivity contribution is 5.94. The number of aryl methyl sites for hydroxylation is 1. The van der Waals surface area contributed by atoms with Gasteiger partial charge < -0.3 is 14.3 Å². The average Bonchev–Trinajstić information content (AvgIpc) is 3.43. The lowest BCUT2D eigenvalue weighted by Crippen LogP contribution is -2.39. The maximum Gasteiger partial charge on any atom is 0.280 e. The summed E-state index contributed by atoms with van der Waals surface area (Å²) in [5.41, 5.74) is 2.38. The summed E-state index contributed by atoms with van der Waals surface area (Å²) >= 11 is 0. The number of carbonyl (C=O) groups excluding carboxylic acids is 1. The van der Waals surface area contributed by atoms with E-state index in [1.54, 1.807) is 0 Å². The molecule has 1 aliphatic rings. The first-order valence-electron chi connectivity index (χ1n) is 9.86. The number of hydrogen-bond donors (Lipinski definition) is 0. The van der Waals surface area contributed by atoms with Crippen LogP contribution in [-0.4, -0.2) is 63.1 Å². The minimum atomic E-state index is 0.0750. The number of amides is 1. The summed E-state index contributed by atoms with van der Waals surface area (Å²) in [6.45, 7) is 3.35. The molecule has 2 aromatic heterocycles. The van der Waals surface area contributed by atoms with Crippen molar-refractivity contribution >= 4 is 11.6 Å². The molecule has 3 heterocycles. The lowest BCUT2D eigenvalue weighted by molar-refractivity contribution is 0.0689. The maximum absolute atomic E-state index is 12.8. The average molecular weight is 395 g/mol. The summed E-state index contributed by atoms with van der Waals surface area (Å²) in [5, 5.41) is 12.3. The zero-order valence-electron chi connectivity index (χ0n) is 16.9. The Bertz CT molecular complexity index is 969. The van der Waals surface area contributed by atoms with Crippen LogP contribution in [0, 0.1) is 0 Å². The van der Waals surface area contributed by atoms with Gasteiger partial charge in [0, 0.05) is 44.9 Å². The monoisotopic (exact) mass is 395 g/mol. The van der Waals surface area contributed by atoms with Crippen molar-refractivity contribution in [3.05, 3.63) is 41.9 Å². The molecule has 0 atom stereocenters. The van der Waals surface area contributed by atoms with Gasteiger partial charge in [0.15, 0.2) is 11.5 Å². The Kier molecular flexibility index (Phi) is 5.28. The Hall–Kier alpha value is -3.23. The van der Waals surface area contributed by atoms with E-state index in [9.17, 15) is 4.79 Å². The number of carbonyl (C=O) groups is 1. The molecule has 9 nitrogen and oxygen atoms in total. The van der Waals surface area contributed by atoms with E-state index in [-0.39, 0.29) is 11.9 Å². The molecule has 9 heteroatoms. The Morgan fingerprint density at radius 2 is 1.93 bits per heavy atom. The highest BCUT2D eigenvalue weighted by Gasteiger charge is 2.26. The van der Waals surface area contributed by atoms with Crippen LogP contribution in [0.15, 0.2) is 35.0 Å². The second-order valence-corrected chi connectivity index (χ2v) is 7.42. The molecule has 1 fully saturated rings. The number of piperidine rings is 1. The zero-order valence-corrected chi connectivity index (χ0v) is 16.9. The van der Waals surface area contributed by atoms with E-state index >= 15 is 0 Å². The van der Waals surface area contributed by atoms with E-state index < -0.39 is 0 Å². The smallest absolute Gasteiger partial charge is 0.280 e. The molecule has 0 unspecified atom stereocenters. The molecule has 1 saturated heterocycles. The van der Waals surface area contributed by atoms with Gasteiger partial charge in [-0.2, -0.15) is 4.98 Å². The fraction of sp³-hybridized carbons (Fsp3) is 0.450. The summed E-state index contributed by atoms with van der Waals surface area (Å²) in [7, 11) is 3.97. The molecule has 1 aliphatic heterocycles. The molecule has 0 radical (unpaired) electrons. The van der Waals surface area contributed by atoms with Crippen molar-refractivity contribution in [1.29, 1.82) is 0 Å². The predicted octanol–water partition coefficient (Wildman–Crippen LogP) is 2.43. The van der Waals surface area contributed by atoms with E-state index in [1.807, 2.05) is 66.0 Å². The third-order valence-electron chi connectivity index (χ3n) is 5.27. The summed E-state index contributed by atoms with van der Waals surface area (Å²) in [6, 6.07) is 7.92. The number of benzene rings is 1. The van der Waals surface area contributed by atoms with Crippen LogP contribution in [0.5, 0.6) is 0 Å². The largest absolute Gasteiger partial charge is 0.378 e. The molecule has 0 bridgehead atoms. The molecule has 1 amide bonds. The minimum Gasteiger partial charge on any atom is -0.378 e. The molecule has 4 rings (SSSR count). The third kappa shape index (κ3) is 3.98. The van der Waals surface area contributed by atoms with Gasteiger partial charge in [-0.05, 0) is 37.1 Å². The first kappa shape index (κ1) is 19.1. The van der Waals surface area contributed by atoms with Crippen molar-refractivity contribution in [2.45, 2.75) is 32.2 Å². The summed E-state index contributed by atoms with van der Waals surface area (Å²) in [6.07, 6.45) is 4.21. The SMILES string of the molecule is CCc1noc(-c2cn(C3CCN(C(=O)c4ccc(N(C)C)cc4)CC3)nn2)n1. The third-order valence-corrected chi connectivity index (χ3v) is 5.27. The molecule has 3 aromatic rings. The molecule has 29 heavy (non-hydrogen) atoms. The summed E-state index contributed by atoms with van der Waals surface area (Å²) in [5.74, 6) is 1.12. The summed E-state index contributed by atoms with van der Waals surface area (Å²) in [4.78, 5) is 21.0. The molecule has 1 aromatic carbocycles. The van der Waals surface area contributed by atoms with Gasteiger partial charge in [0.2, 0.25) is 0 Å². The highest BCUT2D eigenvalue weighted by Crippen LogP contribution is 2.25. The number of rotatable bonds is 5. The van der Waals surface area contributed by atoms with Crippen LogP contribution in [0.25, 0.3) is 11.6 Å².